The summed E-state index contributed by atoms with van der Waals surface area (Å²) in [5.41, 5.74) is 1.05. The highest BCUT2D eigenvalue weighted by Crippen LogP contribution is 2.26. The average Bonchev–Trinajstić information content (AvgIpc) is 3.48. The molecule has 4 aromatic rings. The van der Waals surface area contributed by atoms with Gasteiger partial charge in [0, 0.05) is 6.54 Å². The van der Waals surface area contributed by atoms with Crippen LogP contribution in [0.5, 0.6) is 0 Å². The summed E-state index contributed by atoms with van der Waals surface area (Å²) >= 11 is 1.42. The van der Waals surface area contributed by atoms with Crippen molar-refractivity contribution in [2.45, 2.75) is 0 Å². The maximum absolute atomic E-state index is 13.8. The summed E-state index contributed by atoms with van der Waals surface area (Å²) in [6, 6.07) is 16.2. The van der Waals surface area contributed by atoms with Crippen molar-refractivity contribution in [2.24, 2.45) is 0 Å². The van der Waals surface area contributed by atoms with Crippen molar-refractivity contribution in [3.8, 4) is 16.4 Å². The fraction of sp³-hybridized carbons (Fsp3) is 0.0435. The van der Waals surface area contributed by atoms with Crippen LogP contribution in [0.25, 0.3) is 16.4 Å². The number of hydrogen-bond acceptors (Lipinski definition) is 5. The van der Waals surface area contributed by atoms with Gasteiger partial charge in [-0.2, -0.15) is 0 Å². The summed E-state index contributed by atoms with van der Waals surface area (Å²) in [6.45, 7) is 3.87. The number of amides is 2. The van der Waals surface area contributed by atoms with Crippen LogP contribution in [0, 0.1) is 5.82 Å². The zero-order chi connectivity index (χ0) is 22.5. The van der Waals surface area contributed by atoms with Crippen molar-refractivity contribution in [1.29, 1.82) is 0 Å². The van der Waals surface area contributed by atoms with Crippen LogP contribution in [0.2, 0.25) is 0 Å². The number of nitrogens with zero attached hydrogens (tertiary/aromatic N) is 3. The molecule has 7 nitrogen and oxygen atoms in total. The molecule has 4 rings (SSSR count). The molecule has 0 spiro atoms. The van der Waals surface area contributed by atoms with Crippen LogP contribution < -0.4 is 10.6 Å². The first-order chi connectivity index (χ1) is 15.6. The van der Waals surface area contributed by atoms with Gasteiger partial charge in [0.25, 0.3) is 11.8 Å². The van der Waals surface area contributed by atoms with E-state index < -0.39 is 11.7 Å². The number of nitrogens with one attached hydrogen (secondary N) is 2. The van der Waals surface area contributed by atoms with Gasteiger partial charge in [-0.15, -0.1) is 23.0 Å². The van der Waals surface area contributed by atoms with E-state index >= 15 is 0 Å². The predicted octanol–water partition coefficient (Wildman–Crippen LogP) is 4.30. The topological polar surface area (TPSA) is 88.9 Å². The number of para-hydroxylation sites is 1. The lowest BCUT2D eigenvalue weighted by Gasteiger charge is -2.09. The van der Waals surface area contributed by atoms with Crippen molar-refractivity contribution < 1.29 is 14.0 Å². The molecule has 0 atom stereocenters. The molecule has 160 valence electrons. The lowest BCUT2D eigenvalue weighted by atomic mass is 10.1. The molecule has 0 aliphatic rings. The Kier molecular flexibility index (Phi) is 6.18. The Hall–Kier alpha value is -4.11. The number of rotatable bonds is 7. The van der Waals surface area contributed by atoms with Crippen LogP contribution in [-0.4, -0.2) is 33.1 Å². The molecule has 2 aromatic heterocycles. The van der Waals surface area contributed by atoms with Gasteiger partial charge in [-0.05, 0) is 41.8 Å². The van der Waals surface area contributed by atoms with Gasteiger partial charge in [0.15, 0.2) is 5.82 Å². The van der Waals surface area contributed by atoms with Crippen LogP contribution >= 0.6 is 11.3 Å². The zero-order valence-corrected chi connectivity index (χ0v) is 17.6. The van der Waals surface area contributed by atoms with Crippen LogP contribution in [0.15, 0.2) is 78.7 Å². The Morgan fingerprint density at radius 2 is 1.94 bits per heavy atom. The highest BCUT2D eigenvalue weighted by molar-refractivity contribution is 7.13. The molecule has 0 unspecified atom stereocenters. The molecule has 9 heteroatoms. The van der Waals surface area contributed by atoms with Crippen LogP contribution in [0.1, 0.15) is 21.0 Å². The number of carbonyl (C=O) groups excluding carboxylic acids is 2. The summed E-state index contributed by atoms with van der Waals surface area (Å²) in [6.07, 6.45) is 1.56. The first kappa shape index (κ1) is 21.1. The maximum Gasteiger partial charge on any atom is 0.295 e. The van der Waals surface area contributed by atoms with E-state index in [-0.39, 0.29) is 11.7 Å². The first-order valence-electron chi connectivity index (χ1n) is 9.63. The van der Waals surface area contributed by atoms with Crippen LogP contribution in [-0.2, 0) is 0 Å². The van der Waals surface area contributed by atoms with E-state index in [1.165, 1.54) is 28.2 Å². The fourth-order valence-corrected chi connectivity index (χ4v) is 3.69. The van der Waals surface area contributed by atoms with E-state index in [2.05, 4.69) is 27.3 Å². The summed E-state index contributed by atoms with van der Waals surface area (Å²) in [5.74, 6) is -1.08. The fourth-order valence-electron chi connectivity index (χ4n) is 2.99. The zero-order valence-electron chi connectivity index (χ0n) is 16.8. The van der Waals surface area contributed by atoms with E-state index in [9.17, 15) is 14.0 Å². The molecule has 2 heterocycles. The van der Waals surface area contributed by atoms with Crippen molar-refractivity contribution in [3.05, 3.63) is 95.9 Å². The van der Waals surface area contributed by atoms with E-state index in [1.807, 2.05) is 17.5 Å². The Bertz CT molecular complexity index is 1280. The lowest BCUT2D eigenvalue weighted by Crippen LogP contribution is -2.25. The highest BCUT2D eigenvalue weighted by atomic mass is 32.1. The average molecular weight is 447 g/mol. The minimum atomic E-state index is -0.595. The van der Waals surface area contributed by atoms with Gasteiger partial charge >= 0.3 is 0 Å². The largest absolute Gasteiger partial charge is 0.349 e. The molecule has 0 fully saturated rings. The summed E-state index contributed by atoms with van der Waals surface area (Å²) < 4.78 is 15.2. The smallest absolute Gasteiger partial charge is 0.295 e. The second-order valence-corrected chi connectivity index (χ2v) is 7.57. The maximum atomic E-state index is 13.8. The van der Waals surface area contributed by atoms with Crippen LogP contribution in [0.4, 0.5) is 10.1 Å². The van der Waals surface area contributed by atoms with Crippen molar-refractivity contribution in [2.75, 3.05) is 11.9 Å². The SMILES string of the molecule is C=CCNC(=O)c1ccccc1NC(=O)c1nc(-c2cccs2)n(-c2cccc(F)c2)n1. The van der Waals surface area contributed by atoms with E-state index in [4.69, 9.17) is 0 Å². The third-order valence-corrected chi connectivity index (χ3v) is 5.30. The number of thiophene rings is 1. The Morgan fingerprint density at radius 1 is 1.09 bits per heavy atom. The Morgan fingerprint density at radius 3 is 2.69 bits per heavy atom. The second-order valence-electron chi connectivity index (χ2n) is 6.63. The molecular weight excluding hydrogens is 429 g/mol. The quantitative estimate of drug-likeness (QED) is 0.414. The molecule has 0 radical (unpaired) electrons. The van der Waals surface area contributed by atoms with Gasteiger partial charge in [0.1, 0.15) is 5.82 Å². The summed E-state index contributed by atoms with van der Waals surface area (Å²) in [7, 11) is 0. The van der Waals surface area contributed by atoms with Crippen molar-refractivity contribution in [1.82, 2.24) is 20.1 Å². The molecule has 0 saturated heterocycles. The molecule has 2 aromatic carbocycles. The molecule has 2 amide bonds. The normalized spacial score (nSPS) is 10.5. The van der Waals surface area contributed by atoms with Crippen molar-refractivity contribution >= 4 is 28.8 Å². The second kappa shape index (κ2) is 9.36. The van der Waals surface area contributed by atoms with E-state index in [0.717, 1.165) is 4.88 Å². The third kappa shape index (κ3) is 4.47. The van der Waals surface area contributed by atoms with E-state index in [1.54, 1.807) is 42.5 Å². The summed E-state index contributed by atoms with van der Waals surface area (Å²) in [4.78, 5) is 30.5. The van der Waals surface area contributed by atoms with Gasteiger partial charge < -0.3 is 10.6 Å². The molecule has 0 aliphatic carbocycles. The van der Waals surface area contributed by atoms with Gasteiger partial charge in [-0.3, -0.25) is 9.59 Å². The van der Waals surface area contributed by atoms with Crippen LogP contribution in [0.3, 0.4) is 0 Å². The molecular formula is C23H18FN5O2S. The van der Waals surface area contributed by atoms with E-state index in [0.29, 0.717) is 29.3 Å². The van der Waals surface area contributed by atoms with Gasteiger partial charge in [-0.1, -0.05) is 30.3 Å². The Labute approximate surface area is 187 Å². The Balaban J connectivity index is 1.68. The molecule has 0 bridgehead atoms. The summed E-state index contributed by atoms with van der Waals surface area (Å²) in [5, 5.41) is 11.6. The lowest BCUT2D eigenvalue weighted by molar-refractivity contribution is 0.0959. The van der Waals surface area contributed by atoms with Crippen molar-refractivity contribution in [3.63, 3.8) is 0 Å². The minimum absolute atomic E-state index is 0.112. The highest BCUT2D eigenvalue weighted by Gasteiger charge is 2.21. The number of halogens is 1. The molecule has 0 aliphatic heterocycles. The molecule has 0 saturated carbocycles. The number of anilines is 1. The van der Waals surface area contributed by atoms with Gasteiger partial charge in [-0.25, -0.2) is 14.1 Å². The van der Waals surface area contributed by atoms with Gasteiger partial charge in [0.05, 0.1) is 21.8 Å². The number of benzene rings is 2. The number of hydrogen-bond donors (Lipinski definition) is 2. The van der Waals surface area contributed by atoms with Gasteiger partial charge in [0.2, 0.25) is 5.82 Å². The minimum Gasteiger partial charge on any atom is -0.349 e. The molecule has 2 N–H and O–H groups in total. The number of carbonyl (C=O) groups is 2. The number of aromatic nitrogens is 3. The standard InChI is InChI=1S/C23H18FN5O2S/c1-2-12-25-22(30)17-9-3-4-10-18(17)26-23(31)20-27-21(19-11-6-13-32-19)29(28-20)16-8-5-7-15(24)14-16/h2-11,13-14H,1,12H2,(H,25,30)(H,26,31). The first-order valence-corrected chi connectivity index (χ1v) is 10.5. The predicted molar refractivity (Wildman–Crippen MR) is 122 cm³/mol. The monoisotopic (exact) mass is 447 g/mol. The molecule has 32 heavy (non-hydrogen) atoms. The third-order valence-electron chi connectivity index (χ3n) is 4.43.